The van der Waals surface area contributed by atoms with Gasteiger partial charge in [-0.3, -0.25) is 4.79 Å². The molecule has 28 heavy (non-hydrogen) atoms. The van der Waals surface area contributed by atoms with Crippen LogP contribution in [0, 0.1) is 6.92 Å². The quantitative estimate of drug-likeness (QED) is 0.536. The molecule has 8 heteroatoms. The van der Waals surface area contributed by atoms with Gasteiger partial charge >= 0.3 is 0 Å². The molecule has 0 aliphatic carbocycles. The lowest BCUT2D eigenvalue weighted by atomic mass is 10.1. The Labute approximate surface area is 161 Å². The first-order chi connectivity index (χ1) is 13.6. The number of hydrogen-bond acceptors (Lipinski definition) is 5. The third-order valence-corrected chi connectivity index (χ3v) is 5.26. The average molecular weight is 376 g/mol. The molecular formula is C20H20N6O2. The van der Waals surface area contributed by atoms with E-state index in [9.17, 15) is 4.79 Å². The van der Waals surface area contributed by atoms with E-state index in [1.807, 2.05) is 59.8 Å². The Kier molecular flexibility index (Phi) is 3.87. The zero-order valence-corrected chi connectivity index (χ0v) is 15.7. The number of aryl methyl sites for hydroxylation is 2. The zero-order chi connectivity index (χ0) is 19.3. The number of fused-ring (bicyclic) bond motifs is 2. The number of hydrogen-bond donors (Lipinski definition) is 0. The molecule has 0 spiro atoms. The van der Waals surface area contributed by atoms with Crippen LogP contribution in [-0.2, 0) is 11.8 Å². The van der Waals surface area contributed by atoms with E-state index in [0.717, 1.165) is 22.3 Å². The Morgan fingerprint density at radius 3 is 2.96 bits per heavy atom. The summed E-state index contributed by atoms with van der Waals surface area (Å²) in [5.74, 6) is 0.545. The van der Waals surface area contributed by atoms with Crippen LogP contribution in [0.15, 0.2) is 42.7 Å². The van der Waals surface area contributed by atoms with Crippen LogP contribution < -0.4 is 0 Å². The number of nitrogens with zero attached hydrogens (tertiary/aromatic N) is 6. The van der Waals surface area contributed by atoms with Gasteiger partial charge in [0.1, 0.15) is 18.1 Å². The number of amides is 1. The van der Waals surface area contributed by atoms with Gasteiger partial charge in [0.25, 0.3) is 11.7 Å². The Hall–Kier alpha value is -3.26. The monoisotopic (exact) mass is 376 g/mol. The number of para-hydroxylation sites is 1. The van der Waals surface area contributed by atoms with Gasteiger partial charge in [0.05, 0.1) is 18.8 Å². The van der Waals surface area contributed by atoms with Crippen molar-refractivity contribution in [1.82, 2.24) is 29.0 Å². The molecule has 1 aliphatic rings. The first-order valence-corrected chi connectivity index (χ1v) is 9.24. The van der Waals surface area contributed by atoms with Crippen molar-refractivity contribution in [2.24, 2.45) is 7.05 Å². The molecule has 0 N–H and O–H groups in total. The van der Waals surface area contributed by atoms with Gasteiger partial charge in [-0.2, -0.15) is 14.6 Å². The fourth-order valence-corrected chi connectivity index (χ4v) is 3.86. The minimum Gasteiger partial charge on any atom is -0.368 e. The summed E-state index contributed by atoms with van der Waals surface area (Å²) >= 11 is 0. The summed E-state index contributed by atoms with van der Waals surface area (Å²) < 4.78 is 9.62. The van der Waals surface area contributed by atoms with E-state index < -0.39 is 0 Å². The number of aromatic nitrogens is 5. The fourth-order valence-electron chi connectivity index (χ4n) is 3.86. The Bertz CT molecular complexity index is 1190. The summed E-state index contributed by atoms with van der Waals surface area (Å²) in [5.41, 5.74) is 3.43. The van der Waals surface area contributed by atoms with E-state index in [0.29, 0.717) is 31.2 Å². The third-order valence-electron chi connectivity index (χ3n) is 5.26. The zero-order valence-electron chi connectivity index (χ0n) is 15.7. The van der Waals surface area contributed by atoms with E-state index in [1.165, 1.54) is 6.33 Å². The highest BCUT2D eigenvalue weighted by Gasteiger charge is 2.29. The number of ether oxygens (including phenoxy) is 1. The summed E-state index contributed by atoms with van der Waals surface area (Å²) in [4.78, 5) is 23.7. The molecule has 1 atom stereocenters. The number of benzene rings is 1. The van der Waals surface area contributed by atoms with Gasteiger partial charge in [-0.1, -0.05) is 18.2 Å². The summed E-state index contributed by atoms with van der Waals surface area (Å²) in [6, 6.07) is 11.9. The molecule has 1 aromatic carbocycles. The number of morpholine rings is 1. The number of carbonyl (C=O) groups is 1. The molecule has 1 fully saturated rings. The van der Waals surface area contributed by atoms with Crippen LogP contribution in [0.1, 0.15) is 28.0 Å². The molecule has 1 amide bonds. The highest BCUT2D eigenvalue weighted by molar-refractivity contribution is 5.98. The molecule has 1 unspecified atom stereocenters. The van der Waals surface area contributed by atoms with Crippen LogP contribution in [0.2, 0.25) is 0 Å². The van der Waals surface area contributed by atoms with Gasteiger partial charge in [-0.05, 0) is 25.1 Å². The number of rotatable bonds is 2. The third kappa shape index (κ3) is 2.65. The molecule has 0 radical (unpaired) electrons. The van der Waals surface area contributed by atoms with Crippen molar-refractivity contribution in [2.45, 2.75) is 13.0 Å². The molecule has 3 aromatic heterocycles. The second-order valence-corrected chi connectivity index (χ2v) is 7.05. The molecule has 4 heterocycles. The predicted molar refractivity (Wildman–Crippen MR) is 103 cm³/mol. The van der Waals surface area contributed by atoms with Gasteiger partial charge in [0, 0.05) is 30.2 Å². The second-order valence-electron chi connectivity index (χ2n) is 7.05. The Morgan fingerprint density at radius 1 is 1.25 bits per heavy atom. The van der Waals surface area contributed by atoms with Crippen LogP contribution in [-0.4, -0.2) is 54.7 Å². The topological polar surface area (TPSA) is 77.5 Å². The van der Waals surface area contributed by atoms with Crippen LogP contribution >= 0.6 is 0 Å². The SMILES string of the molecule is Cc1cc(C2CN(C(=O)c3cc4ccccc4n3C)CCO2)n2ncnc2n1. The fraction of sp³-hybridized carbons (Fsp3) is 0.300. The smallest absolute Gasteiger partial charge is 0.270 e. The molecule has 0 saturated carbocycles. The van der Waals surface area contributed by atoms with Gasteiger partial charge < -0.3 is 14.2 Å². The molecule has 0 bridgehead atoms. The maximum Gasteiger partial charge on any atom is 0.270 e. The van der Waals surface area contributed by atoms with Gasteiger partial charge in [0.15, 0.2) is 0 Å². The minimum absolute atomic E-state index is 0.00705. The number of carbonyl (C=O) groups excluding carboxylic acids is 1. The predicted octanol–water partition coefficient (Wildman–Crippen LogP) is 2.14. The van der Waals surface area contributed by atoms with Crippen LogP contribution in [0.4, 0.5) is 0 Å². The van der Waals surface area contributed by atoms with Crippen molar-refractivity contribution in [3.05, 3.63) is 59.8 Å². The summed E-state index contributed by atoms with van der Waals surface area (Å²) in [7, 11) is 1.93. The Morgan fingerprint density at radius 2 is 2.11 bits per heavy atom. The van der Waals surface area contributed by atoms with Crippen LogP contribution in [0.25, 0.3) is 16.7 Å². The normalized spacial score (nSPS) is 17.5. The van der Waals surface area contributed by atoms with Crippen LogP contribution in [0.5, 0.6) is 0 Å². The lowest BCUT2D eigenvalue weighted by Crippen LogP contribution is -2.43. The van der Waals surface area contributed by atoms with Gasteiger partial charge in [-0.25, -0.2) is 4.98 Å². The summed E-state index contributed by atoms with van der Waals surface area (Å²) in [6.07, 6.45) is 1.20. The molecule has 1 aliphatic heterocycles. The highest BCUT2D eigenvalue weighted by Crippen LogP contribution is 2.25. The highest BCUT2D eigenvalue weighted by atomic mass is 16.5. The lowest BCUT2D eigenvalue weighted by Gasteiger charge is -2.33. The first-order valence-electron chi connectivity index (χ1n) is 9.24. The minimum atomic E-state index is -0.279. The molecule has 5 rings (SSSR count). The Balaban J connectivity index is 1.47. The summed E-state index contributed by atoms with van der Waals surface area (Å²) in [6.45, 7) is 3.40. The summed E-state index contributed by atoms with van der Waals surface area (Å²) in [5, 5.41) is 5.32. The average Bonchev–Trinajstić information content (AvgIpc) is 3.31. The maximum atomic E-state index is 13.3. The lowest BCUT2D eigenvalue weighted by molar-refractivity contribution is -0.0259. The van der Waals surface area contributed by atoms with Crippen LogP contribution in [0.3, 0.4) is 0 Å². The van der Waals surface area contributed by atoms with E-state index in [4.69, 9.17) is 4.74 Å². The van der Waals surface area contributed by atoms with Crippen molar-refractivity contribution in [3.8, 4) is 0 Å². The van der Waals surface area contributed by atoms with Crippen molar-refractivity contribution in [2.75, 3.05) is 19.7 Å². The molecular weight excluding hydrogens is 356 g/mol. The molecule has 8 nitrogen and oxygen atoms in total. The molecule has 142 valence electrons. The largest absolute Gasteiger partial charge is 0.368 e. The van der Waals surface area contributed by atoms with Crippen molar-refractivity contribution >= 4 is 22.6 Å². The molecule has 1 saturated heterocycles. The second kappa shape index (κ2) is 6.42. The van der Waals surface area contributed by atoms with E-state index >= 15 is 0 Å². The van der Waals surface area contributed by atoms with Gasteiger partial charge in [-0.15, -0.1) is 0 Å². The van der Waals surface area contributed by atoms with E-state index in [1.54, 1.807) is 4.52 Å². The maximum absolute atomic E-state index is 13.3. The van der Waals surface area contributed by atoms with Crippen molar-refractivity contribution in [1.29, 1.82) is 0 Å². The van der Waals surface area contributed by atoms with E-state index in [-0.39, 0.29) is 12.0 Å². The van der Waals surface area contributed by atoms with Crippen molar-refractivity contribution in [3.63, 3.8) is 0 Å². The standard InChI is InChI=1S/C20H20N6O2/c1-13-9-16(26-20(23-13)21-12-22-26)18-11-25(7-8-28-18)19(27)17-10-14-5-3-4-6-15(14)24(17)2/h3-6,9-10,12,18H,7-8,11H2,1-2H3. The first kappa shape index (κ1) is 16.9. The van der Waals surface area contributed by atoms with Gasteiger partial charge in [0.2, 0.25) is 0 Å². The molecule has 4 aromatic rings. The van der Waals surface area contributed by atoms with E-state index in [2.05, 4.69) is 15.1 Å². The van der Waals surface area contributed by atoms with Crippen molar-refractivity contribution < 1.29 is 9.53 Å².